The second kappa shape index (κ2) is 6.02. The van der Waals surface area contributed by atoms with E-state index >= 15 is 0 Å². The van der Waals surface area contributed by atoms with Gasteiger partial charge in [0.1, 0.15) is 6.54 Å². The first-order valence-electron chi connectivity index (χ1n) is 6.36. The van der Waals surface area contributed by atoms with E-state index < -0.39 is 24.7 Å². The summed E-state index contributed by atoms with van der Waals surface area (Å²) in [5.41, 5.74) is 2.67. The number of hydrogen-bond acceptors (Lipinski definition) is 2. The molecular formula is C13H14F3N3O2. The van der Waals surface area contributed by atoms with Crippen molar-refractivity contribution in [3.05, 3.63) is 35.9 Å². The molecule has 3 amide bonds. The Morgan fingerprint density at radius 1 is 1.19 bits per heavy atom. The number of nitrogens with one attached hydrogen (secondary N) is 1. The third-order valence-electron chi connectivity index (χ3n) is 2.95. The van der Waals surface area contributed by atoms with E-state index in [0.717, 1.165) is 5.01 Å². The molecule has 0 spiro atoms. The number of carbonyl (C=O) groups excluding carboxylic acids is 2. The predicted molar refractivity (Wildman–Crippen MR) is 68.3 cm³/mol. The van der Waals surface area contributed by atoms with Crippen molar-refractivity contribution in [3.8, 4) is 0 Å². The van der Waals surface area contributed by atoms with E-state index in [2.05, 4.69) is 5.43 Å². The fourth-order valence-corrected chi connectivity index (χ4v) is 2.03. The van der Waals surface area contributed by atoms with Crippen molar-refractivity contribution in [1.29, 1.82) is 0 Å². The second-order valence-corrected chi connectivity index (χ2v) is 4.63. The van der Waals surface area contributed by atoms with Gasteiger partial charge in [0.2, 0.25) is 0 Å². The van der Waals surface area contributed by atoms with E-state index in [1.54, 1.807) is 30.3 Å². The van der Waals surface area contributed by atoms with Gasteiger partial charge in [0.25, 0.3) is 5.91 Å². The molecule has 1 aliphatic heterocycles. The molecular weight excluding hydrogens is 287 g/mol. The Kier molecular flexibility index (Phi) is 4.35. The molecule has 5 nitrogen and oxygen atoms in total. The van der Waals surface area contributed by atoms with E-state index in [-0.39, 0.29) is 13.1 Å². The standard InChI is InChI=1S/C13H14F3N3O2/c14-13(15,16)9-18-7-4-8-19(12(18)21)17-11(20)10-5-2-1-3-6-10/h1-3,5-6H,4,7-9H2,(H,17,20). The molecule has 0 radical (unpaired) electrons. The zero-order chi connectivity index (χ0) is 15.5. The van der Waals surface area contributed by atoms with Gasteiger partial charge in [-0.1, -0.05) is 18.2 Å². The van der Waals surface area contributed by atoms with Crippen LogP contribution >= 0.6 is 0 Å². The van der Waals surface area contributed by atoms with Gasteiger partial charge in [-0.2, -0.15) is 13.2 Å². The van der Waals surface area contributed by atoms with Crippen LogP contribution in [0.1, 0.15) is 16.8 Å². The molecule has 2 rings (SSSR count). The van der Waals surface area contributed by atoms with Crippen LogP contribution in [0.25, 0.3) is 0 Å². The van der Waals surface area contributed by atoms with Crippen LogP contribution in [0.15, 0.2) is 30.3 Å². The summed E-state index contributed by atoms with van der Waals surface area (Å²) in [4.78, 5) is 24.5. The Morgan fingerprint density at radius 3 is 2.48 bits per heavy atom. The fourth-order valence-electron chi connectivity index (χ4n) is 2.03. The first kappa shape index (κ1) is 15.1. The van der Waals surface area contributed by atoms with Crippen molar-refractivity contribution in [2.45, 2.75) is 12.6 Å². The summed E-state index contributed by atoms with van der Waals surface area (Å²) in [6.45, 7) is -1.11. The van der Waals surface area contributed by atoms with Gasteiger partial charge in [-0.25, -0.2) is 9.80 Å². The summed E-state index contributed by atoms with van der Waals surface area (Å²) >= 11 is 0. The highest BCUT2D eigenvalue weighted by Gasteiger charge is 2.36. The number of rotatable bonds is 3. The predicted octanol–water partition coefficient (Wildman–Crippen LogP) is 2.02. The van der Waals surface area contributed by atoms with Crippen LogP contribution in [-0.4, -0.2) is 47.7 Å². The summed E-state index contributed by atoms with van der Waals surface area (Å²) in [5, 5.41) is 0.921. The summed E-state index contributed by atoms with van der Waals surface area (Å²) in [6.07, 6.45) is -4.10. The topological polar surface area (TPSA) is 52.7 Å². The summed E-state index contributed by atoms with van der Waals surface area (Å²) in [5.74, 6) is -0.530. The summed E-state index contributed by atoms with van der Waals surface area (Å²) < 4.78 is 37.1. The van der Waals surface area contributed by atoms with Gasteiger partial charge in [-0.3, -0.25) is 10.2 Å². The highest BCUT2D eigenvalue weighted by molar-refractivity contribution is 5.95. The smallest absolute Gasteiger partial charge is 0.314 e. The van der Waals surface area contributed by atoms with Crippen molar-refractivity contribution >= 4 is 11.9 Å². The number of hydrogen-bond donors (Lipinski definition) is 1. The number of halogens is 3. The monoisotopic (exact) mass is 301 g/mol. The number of alkyl halides is 3. The molecule has 0 saturated carbocycles. The number of hydrazine groups is 1. The molecule has 8 heteroatoms. The number of nitrogens with zero attached hydrogens (tertiary/aromatic N) is 2. The Labute approximate surface area is 119 Å². The van der Waals surface area contributed by atoms with Gasteiger partial charge in [-0.05, 0) is 18.6 Å². The lowest BCUT2D eigenvalue weighted by Crippen LogP contribution is -2.57. The Balaban J connectivity index is 2.00. The van der Waals surface area contributed by atoms with Crippen molar-refractivity contribution in [3.63, 3.8) is 0 Å². The van der Waals surface area contributed by atoms with Crippen molar-refractivity contribution in [2.24, 2.45) is 0 Å². The van der Waals surface area contributed by atoms with Crippen molar-refractivity contribution < 1.29 is 22.8 Å². The second-order valence-electron chi connectivity index (χ2n) is 4.63. The molecule has 1 fully saturated rings. The zero-order valence-electron chi connectivity index (χ0n) is 11.1. The minimum absolute atomic E-state index is 0.0239. The molecule has 21 heavy (non-hydrogen) atoms. The first-order valence-corrected chi connectivity index (χ1v) is 6.36. The number of urea groups is 1. The average Bonchev–Trinajstić information content (AvgIpc) is 2.43. The molecule has 1 aliphatic rings. The number of carbonyl (C=O) groups is 2. The van der Waals surface area contributed by atoms with Crippen LogP contribution in [0.3, 0.4) is 0 Å². The van der Waals surface area contributed by atoms with Crippen molar-refractivity contribution in [2.75, 3.05) is 19.6 Å². The van der Waals surface area contributed by atoms with Crippen LogP contribution < -0.4 is 5.43 Å². The molecule has 114 valence electrons. The van der Waals surface area contributed by atoms with E-state index in [0.29, 0.717) is 16.9 Å². The molecule has 1 heterocycles. The van der Waals surface area contributed by atoms with Gasteiger partial charge in [0, 0.05) is 18.7 Å². The fraction of sp³-hybridized carbons (Fsp3) is 0.385. The lowest BCUT2D eigenvalue weighted by molar-refractivity contribution is -0.142. The van der Waals surface area contributed by atoms with Crippen LogP contribution in [0.4, 0.5) is 18.0 Å². The maximum absolute atomic E-state index is 12.4. The van der Waals surface area contributed by atoms with Crippen LogP contribution in [0.5, 0.6) is 0 Å². The van der Waals surface area contributed by atoms with Crippen LogP contribution in [0, 0.1) is 0 Å². The van der Waals surface area contributed by atoms with Gasteiger partial charge in [-0.15, -0.1) is 0 Å². The zero-order valence-corrected chi connectivity index (χ0v) is 11.1. The average molecular weight is 301 g/mol. The Bertz CT molecular complexity index is 519. The van der Waals surface area contributed by atoms with Gasteiger partial charge >= 0.3 is 12.2 Å². The highest BCUT2D eigenvalue weighted by atomic mass is 19.4. The number of benzene rings is 1. The van der Waals surface area contributed by atoms with E-state index in [1.807, 2.05) is 0 Å². The third-order valence-corrected chi connectivity index (χ3v) is 2.95. The molecule has 0 bridgehead atoms. The highest BCUT2D eigenvalue weighted by Crippen LogP contribution is 2.19. The van der Waals surface area contributed by atoms with E-state index in [4.69, 9.17) is 0 Å². The van der Waals surface area contributed by atoms with Gasteiger partial charge < -0.3 is 4.90 Å². The maximum Gasteiger partial charge on any atom is 0.406 e. The first-order chi connectivity index (χ1) is 9.87. The molecule has 1 aromatic carbocycles. The summed E-state index contributed by atoms with van der Waals surface area (Å²) in [6, 6.07) is 7.30. The molecule has 0 aromatic heterocycles. The third kappa shape index (κ3) is 4.11. The number of amides is 3. The summed E-state index contributed by atoms with van der Waals surface area (Å²) in [7, 11) is 0. The molecule has 1 N–H and O–H groups in total. The SMILES string of the molecule is O=C(NN1CCCN(CC(F)(F)F)C1=O)c1ccccc1. The minimum Gasteiger partial charge on any atom is -0.314 e. The lowest BCUT2D eigenvalue weighted by atomic mass is 10.2. The molecule has 1 saturated heterocycles. The van der Waals surface area contributed by atoms with Crippen LogP contribution in [0.2, 0.25) is 0 Å². The van der Waals surface area contributed by atoms with Gasteiger partial charge in [0.15, 0.2) is 0 Å². The van der Waals surface area contributed by atoms with E-state index in [1.165, 1.54) is 0 Å². The Morgan fingerprint density at radius 2 is 1.86 bits per heavy atom. The Hall–Kier alpha value is -2.25. The largest absolute Gasteiger partial charge is 0.406 e. The minimum atomic E-state index is -4.46. The van der Waals surface area contributed by atoms with Crippen molar-refractivity contribution in [1.82, 2.24) is 15.3 Å². The van der Waals surface area contributed by atoms with Crippen LogP contribution in [-0.2, 0) is 0 Å². The molecule has 0 aliphatic carbocycles. The molecule has 0 atom stereocenters. The molecule has 1 aromatic rings. The quantitative estimate of drug-likeness (QED) is 0.928. The normalized spacial score (nSPS) is 16.0. The van der Waals surface area contributed by atoms with Gasteiger partial charge in [0.05, 0.1) is 0 Å². The van der Waals surface area contributed by atoms with E-state index in [9.17, 15) is 22.8 Å². The lowest BCUT2D eigenvalue weighted by Gasteiger charge is -2.35. The molecule has 0 unspecified atom stereocenters. The maximum atomic E-state index is 12.4.